The summed E-state index contributed by atoms with van der Waals surface area (Å²) in [4.78, 5) is 0. The highest BCUT2D eigenvalue weighted by Crippen LogP contribution is 2.41. The molecular weight excluding hydrogens is 279 g/mol. The van der Waals surface area contributed by atoms with E-state index in [4.69, 9.17) is 39.5 Å². The fraction of sp³-hybridized carbons (Fsp3) is 0.0769. The Hall–Kier alpha value is -0.890. The Bertz CT molecular complexity index is 532. The number of rotatable bonds is 2. The summed E-state index contributed by atoms with van der Waals surface area (Å²) >= 11 is 18.5. The van der Waals surface area contributed by atoms with Crippen molar-refractivity contribution in [1.29, 1.82) is 0 Å². The molecule has 0 aliphatic rings. The maximum Gasteiger partial charge on any atom is 0.138 e. The van der Waals surface area contributed by atoms with Crippen molar-refractivity contribution in [2.24, 2.45) is 0 Å². The Balaban J connectivity index is 2.69. The molecule has 0 aromatic heterocycles. The molecule has 2 aromatic carbocycles. The Labute approximate surface area is 115 Å². The number of ether oxygens (including phenoxy) is 1. The van der Waals surface area contributed by atoms with Crippen LogP contribution in [0.25, 0.3) is 11.1 Å². The fourth-order valence-corrected chi connectivity index (χ4v) is 2.52. The van der Waals surface area contributed by atoms with Crippen molar-refractivity contribution in [2.75, 3.05) is 7.11 Å². The summed E-state index contributed by atoms with van der Waals surface area (Å²) in [5, 5.41) is 1.63. The van der Waals surface area contributed by atoms with Crippen LogP contribution in [0.3, 0.4) is 0 Å². The summed E-state index contributed by atoms with van der Waals surface area (Å²) < 4.78 is 5.17. The van der Waals surface area contributed by atoms with Crippen LogP contribution < -0.4 is 4.74 Å². The van der Waals surface area contributed by atoms with Gasteiger partial charge in [-0.05, 0) is 18.2 Å². The molecular formula is C13H9Cl3O. The van der Waals surface area contributed by atoms with Crippen LogP contribution in [0.15, 0.2) is 36.4 Å². The van der Waals surface area contributed by atoms with Crippen LogP contribution in [-0.2, 0) is 0 Å². The number of benzene rings is 2. The average Bonchev–Trinajstić information content (AvgIpc) is 2.31. The average molecular weight is 288 g/mol. The van der Waals surface area contributed by atoms with Crippen LogP contribution in [-0.4, -0.2) is 7.11 Å². The molecule has 4 heteroatoms. The maximum absolute atomic E-state index is 6.25. The first-order valence-corrected chi connectivity index (χ1v) is 6.05. The van der Waals surface area contributed by atoms with Crippen LogP contribution in [0, 0.1) is 0 Å². The molecule has 0 saturated carbocycles. The zero-order chi connectivity index (χ0) is 12.4. The van der Waals surface area contributed by atoms with Gasteiger partial charge in [0.1, 0.15) is 5.75 Å². The summed E-state index contributed by atoms with van der Waals surface area (Å²) in [6.45, 7) is 0. The molecule has 0 N–H and O–H groups in total. The van der Waals surface area contributed by atoms with E-state index in [9.17, 15) is 0 Å². The number of hydrogen-bond acceptors (Lipinski definition) is 1. The van der Waals surface area contributed by atoms with E-state index in [1.165, 1.54) is 0 Å². The summed E-state index contributed by atoms with van der Waals surface area (Å²) in [7, 11) is 1.57. The van der Waals surface area contributed by atoms with E-state index in [-0.39, 0.29) is 0 Å². The van der Waals surface area contributed by atoms with Crippen molar-refractivity contribution < 1.29 is 4.74 Å². The minimum absolute atomic E-state index is 0.505. The number of methoxy groups -OCH3 is 1. The van der Waals surface area contributed by atoms with Gasteiger partial charge in [-0.2, -0.15) is 0 Å². The van der Waals surface area contributed by atoms with Crippen LogP contribution >= 0.6 is 34.8 Å². The fourth-order valence-electron chi connectivity index (χ4n) is 1.62. The van der Waals surface area contributed by atoms with Gasteiger partial charge in [-0.3, -0.25) is 0 Å². The highest BCUT2D eigenvalue weighted by molar-refractivity contribution is 6.41. The van der Waals surface area contributed by atoms with Gasteiger partial charge in [0.2, 0.25) is 0 Å². The zero-order valence-electron chi connectivity index (χ0n) is 9.01. The molecule has 0 bridgehead atoms. The van der Waals surface area contributed by atoms with Gasteiger partial charge in [-0.25, -0.2) is 0 Å². The first-order valence-electron chi connectivity index (χ1n) is 4.92. The lowest BCUT2D eigenvalue weighted by atomic mass is 10.1. The first-order chi connectivity index (χ1) is 8.15. The van der Waals surface area contributed by atoms with Crippen molar-refractivity contribution in [3.05, 3.63) is 51.5 Å². The summed E-state index contributed by atoms with van der Waals surface area (Å²) in [6, 6.07) is 10.8. The Kier molecular flexibility index (Phi) is 3.82. The largest absolute Gasteiger partial charge is 0.495 e. The Morgan fingerprint density at radius 2 is 1.47 bits per heavy atom. The Morgan fingerprint density at radius 1 is 0.882 bits per heavy atom. The van der Waals surface area contributed by atoms with E-state index in [0.29, 0.717) is 20.8 Å². The lowest BCUT2D eigenvalue weighted by molar-refractivity contribution is 0.415. The van der Waals surface area contributed by atoms with Gasteiger partial charge in [0.15, 0.2) is 0 Å². The van der Waals surface area contributed by atoms with E-state index >= 15 is 0 Å². The number of hydrogen-bond donors (Lipinski definition) is 0. The molecule has 2 aromatic rings. The highest BCUT2D eigenvalue weighted by Gasteiger charge is 2.14. The summed E-state index contributed by atoms with van der Waals surface area (Å²) in [5.74, 6) is 0.597. The predicted molar refractivity (Wildman–Crippen MR) is 73.5 cm³/mol. The van der Waals surface area contributed by atoms with E-state index in [1.807, 2.05) is 12.1 Å². The van der Waals surface area contributed by atoms with Gasteiger partial charge in [0, 0.05) is 21.2 Å². The second-order valence-corrected chi connectivity index (χ2v) is 4.61. The molecule has 1 nitrogen and oxygen atoms in total. The molecule has 0 unspecified atom stereocenters. The molecule has 0 aliphatic heterocycles. The van der Waals surface area contributed by atoms with Crippen LogP contribution in [0.5, 0.6) is 5.75 Å². The van der Waals surface area contributed by atoms with E-state index in [0.717, 1.165) is 11.1 Å². The van der Waals surface area contributed by atoms with E-state index in [1.54, 1.807) is 31.4 Å². The molecule has 88 valence electrons. The molecule has 0 atom stereocenters. The lowest BCUT2D eigenvalue weighted by Crippen LogP contribution is -1.88. The molecule has 2 rings (SSSR count). The minimum Gasteiger partial charge on any atom is -0.495 e. The van der Waals surface area contributed by atoms with Crippen LogP contribution in [0.1, 0.15) is 0 Å². The first kappa shape index (κ1) is 12.6. The summed E-state index contributed by atoms with van der Waals surface area (Å²) in [6.07, 6.45) is 0. The standard InChI is InChI=1S/C13H9Cl3O/c1-17-11-7-2-4-8(13(11)16)12-9(14)5-3-6-10(12)15/h2-7H,1H3. The van der Waals surface area contributed by atoms with Gasteiger partial charge in [-0.1, -0.05) is 53.0 Å². The topological polar surface area (TPSA) is 9.23 Å². The van der Waals surface area contributed by atoms with Crippen LogP contribution in [0.2, 0.25) is 15.1 Å². The molecule has 0 saturated heterocycles. The van der Waals surface area contributed by atoms with Gasteiger partial charge in [0.25, 0.3) is 0 Å². The molecule has 17 heavy (non-hydrogen) atoms. The molecule has 0 radical (unpaired) electrons. The SMILES string of the molecule is COc1cccc(-c2c(Cl)cccc2Cl)c1Cl. The van der Waals surface area contributed by atoms with E-state index < -0.39 is 0 Å². The second-order valence-electron chi connectivity index (χ2n) is 3.42. The molecule has 0 aliphatic carbocycles. The number of halogens is 3. The van der Waals surface area contributed by atoms with Crippen molar-refractivity contribution in [3.63, 3.8) is 0 Å². The quantitative estimate of drug-likeness (QED) is 0.726. The van der Waals surface area contributed by atoms with Gasteiger partial charge in [0.05, 0.1) is 12.1 Å². The lowest BCUT2D eigenvalue weighted by Gasteiger charge is -2.11. The smallest absolute Gasteiger partial charge is 0.138 e. The van der Waals surface area contributed by atoms with Crippen molar-refractivity contribution in [3.8, 4) is 16.9 Å². The van der Waals surface area contributed by atoms with Gasteiger partial charge >= 0.3 is 0 Å². The second kappa shape index (κ2) is 5.18. The predicted octanol–water partition coefficient (Wildman–Crippen LogP) is 5.32. The third-order valence-corrected chi connectivity index (χ3v) is 3.44. The molecule has 0 heterocycles. The van der Waals surface area contributed by atoms with Crippen molar-refractivity contribution in [2.45, 2.75) is 0 Å². The highest BCUT2D eigenvalue weighted by atomic mass is 35.5. The van der Waals surface area contributed by atoms with Crippen molar-refractivity contribution >= 4 is 34.8 Å². The zero-order valence-corrected chi connectivity index (χ0v) is 11.3. The Morgan fingerprint density at radius 3 is 2.06 bits per heavy atom. The van der Waals surface area contributed by atoms with Gasteiger partial charge < -0.3 is 4.74 Å². The minimum atomic E-state index is 0.505. The molecule has 0 fully saturated rings. The maximum atomic E-state index is 6.25. The molecule has 0 amide bonds. The van der Waals surface area contributed by atoms with Crippen LogP contribution in [0.4, 0.5) is 0 Å². The molecule has 0 spiro atoms. The van der Waals surface area contributed by atoms with E-state index in [2.05, 4.69) is 0 Å². The summed E-state index contributed by atoms with van der Waals surface area (Å²) in [5.41, 5.74) is 1.49. The van der Waals surface area contributed by atoms with Crippen molar-refractivity contribution in [1.82, 2.24) is 0 Å². The third-order valence-electron chi connectivity index (χ3n) is 2.42. The normalized spacial score (nSPS) is 10.4. The third kappa shape index (κ3) is 2.37. The van der Waals surface area contributed by atoms with Gasteiger partial charge in [-0.15, -0.1) is 0 Å². The monoisotopic (exact) mass is 286 g/mol.